The smallest absolute Gasteiger partial charge is 0.241 e. The predicted octanol–water partition coefficient (Wildman–Crippen LogP) is 3.29. The van der Waals surface area contributed by atoms with E-state index in [9.17, 15) is 4.79 Å². The van der Waals surface area contributed by atoms with Crippen LogP contribution in [0.4, 0.5) is 0 Å². The zero-order chi connectivity index (χ0) is 13.7. The van der Waals surface area contributed by atoms with Gasteiger partial charge >= 0.3 is 0 Å². The van der Waals surface area contributed by atoms with Crippen molar-refractivity contribution >= 4 is 5.91 Å². The van der Waals surface area contributed by atoms with E-state index < -0.39 is 0 Å². The lowest BCUT2D eigenvalue weighted by Crippen LogP contribution is -2.43. The van der Waals surface area contributed by atoms with E-state index >= 15 is 0 Å². The minimum Gasteiger partial charge on any atom is -0.325 e. The van der Waals surface area contributed by atoms with E-state index in [1.165, 1.54) is 38.5 Å². The quantitative estimate of drug-likeness (QED) is 0.800. The third-order valence-corrected chi connectivity index (χ3v) is 4.95. The third-order valence-electron chi connectivity index (χ3n) is 4.95. The van der Waals surface area contributed by atoms with E-state index in [4.69, 9.17) is 0 Å². The fourth-order valence-corrected chi connectivity index (χ4v) is 3.82. The normalized spacial score (nSPS) is 26.9. The molecule has 1 aliphatic carbocycles. The molecule has 2 atom stereocenters. The highest BCUT2D eigenvalue weighted by molar-refractivity contribution is 5.84. The number of unbranched alkanes of at least 4 members (excludes halogenated alkanes) is 1. The zero-order valence-corrected chi connectivity index (χ0v) is 12.7. The molecule has 0 spiro atoms. The number of carbonyl (C=O) groups excluding carboxylic acids is 1. The third kappa shape index (κ3) is 3.50. The molecule has 0 bridgehead atoms. The van der Waals surface area contributed by atoms with Crippen molar-refractivity contribution in [1.29, 1.82) is 0 Å². The van der Waals surface area contributed by atoms with Gasteiger partial charge in [0, 0.05) is 6.04 Å². The van der Waals surface area contributed by atoms with Gasteiger partial charge in [-0.15, -0.1) is 0 Å². The molecule has 1 saturated carbocycles. The Hall–Kier alpha value is -0.570. The molecule has 2 rings (SSSR count). The first-order chi connectivity index (χ1) is 9.27. The Balaban J connectivity index is 1.93. The van der Waals surface area contributed by atoms with Crippen LogP contribution in [0.2, 0.25) is 0 Å². The number of nitrogens with one attached hydrogen (secondary N) is 1. The highest BCUT2D eigenvalue weighted by Gasteiger charge is 2.37. The van der Waals surface area contributed by atoms with Crippen molar-refractivity contribution < 1.29 is 4.79 Å². The predicted molar refractivity (Wildman–Crippen MR) is 78.8 cm³/mol. The van der Waals surface area contributed by atoms with E-state index in [1.54, 1.807) is 0 Å². The van der Waals surface area contributed by atoms with Crippen LogP contribution in [0.5, 0.6) is 0 Å². The van der Waals surface area contributed by atoms with Crippen LogP contribution in [-0.2, 0) is 4.79 Å². The monoisotopic (exact) mass is 266 g/mol. The number of hydrogen-bond donors (Lipinski definition) is 1. The van der Waals surface area contributed by atoms with Gasteiger partial charge in [-0.25, -0.2) is 0 Å². The van der Waals surface area contributed by atoms with E-state index in [0.29, 0.717) is 11.9 Å². The van der Waals surface area contributed by atoms with Crippen LogP contribution in [0.3, 0.4) is 0 Å². The standard InChI is InChI=1S/C16H30N2O/c1-3-5-11-14-16(19)18(12-17-14)15(4-2)13-9-7-6-8-10-13/h13-15,17H,3-12H2,1-2H3. The lowest BCUT2D eigenvalue weighted by Gasteiger charge is -2.35. The topological polar surface area (TPSA) is 32.3 Å². The molecule has 1 saturated heterocycles. The van der Waals surface area contributed by atoms with E-state index in [2.05, 4.69) is 24.1 Å². The summed E-state index contributed by atoms with van der Waals surface area (Å²) in [7, 11) is 0. The fraction of sp³-hybridized carbons (Fsp3) is 0.938. The Kier molecular flexibility index (Phi) is 5.68. The molecule has 2 unspecified atom stereocenters. The van der Waals surface area contributed by atoms with Crippen LogP contribution in [0.1, 0.15) is 71.6 Å². The van der Waals surface area contributed by atoms with E-state index in [1.807, 2.05) is 0 Å². The number of amides is 1. The summed E-state index contributed by atoms with van der Waals surface area (Å²) < 4.78 is 0. The lowest BCUT2D eigenvalue weighted by molar-refractivity contribution is -0.132. The van der Waals surface area contributed by atoms with Gasteiger partial charge in [0.15, 0.2) is 0 Å². The maximum Gasteiger partial charge on any atom is 0.241 e. The fourth-order valence-electron chi connectivity index (χ4n) is 3.82. The summed E-state index contributed by atoms with van der Waals surface area (Å²) in [5.74, 6) is 1.11. The summed E-state index contributed by atoms with van der Waals surface area (Å²) in [6.07, 6.45) is 11.2. The average Bonchev–Trinajstić information content (AvgIpc) is 2.80. The van der Waals surface area contributed by atoms with Gasteiger partial charge in [0.25, 0.3) is 0 Å². The van der Waals surface area contributed by atoms with Crippen molar-refractivity contribution in [3.8, 4) is 0 Å². The van der Waals surface area contributed by atoms with Crippen molar-refractivity contribution in [3.05, 3.63) is 0 Å². The lowest BCUT2D eigenvalue weighted by atomic mass is 9.82. The molecule has 0 aromatic rings. The van der Waals surface area contributed by atoms with Crippen LogP contribution in [0, 0.1) is 5.92 Å². The van der Waals surface area contributed by atoms with Gasteiger partial charge in [-0.2, -0.15) is 0 Å². The van der Waals surface area contributed by atoms with Gasteiger partial charge in [0.05, 0.1) is 12.7 Å². The van der Waals surface area contributed by atoms with Gasteiger partial charge in [0.2, 0.25) is 5.91 Å². The number of rotatable bonds is 6. The second kappa shape index (κ2) is 7.28. The van der Waals surface area contributed by atoms with Crippen molar-refractivity contribution in [2.24, 2.45) is 5.92 Å². The molecule has 2 aliphatic rings. The summed E-state index contributed by atoms with van der Waals surface area (Å²) in [5.41, 5.74) is 0. The molecule has 1 N–H and O–H groups in total. The molecule has 3 heteroatoms. The van der Waals surface area contributed by atoms with Crippen LogP contribution in [-0.4, -0.2) is 29.6 Å². The van der Waals surface area contributed by atoms with Crippen LogP contribution in [0.25, 0.3) is 0 Å². The first-order valence-electron chi connectivity index (χ1n) is 8.31. The van der Waals surface area contributed by atoms with Gasteiger partial charge in [-0.05, 0) is 31.6 Å². The SMILES string of the molecule is CCCCC1NCN(C(CC)C2CCCCC2)C1=O. The molecule has 1 aliphatic heterocycles. The van der Waals surface area contributed by atoms with E-state index in [-0.39, 0.29) is 6.04 Å². The van der Waals surface area contributed by atoms with Crippen molar-refractivity contribution in [2.45, 2.75) is 83.7 Å². The molecule has 0 aromatic heterocycles. The minimum absolute atomic E-state index is 0.0950. The molecule has 2 fully saturated rings. The minimum atomic E-state index is 0.0950. The van der Waals surface area contributed by atoms with Crippen LogP contribution >= 0.6 is 0 Å². The Morgan fingerprint density at radius 3 is 2.63 bits per heavy atom. The summed E-state index contributed by atoms with van der Waals surface area (Å²) in [6.45, 7) is 5.21. The Bertz CT molecular complexity index is 286. The van der Waals surface area contributed by atoms with Gasteiger partial charge < -0.3 is 4.90 Å². The largest absolute Gasteiger partial charge is 0.325 e. The van der Waals surface area contributed by atoms with Gasteiger partial charge in [0.1, 0.15) is 0 Å². The average molecular weight is 266 g/mol. The molecule has 1 heterocycles. The molecule has 1 amide bonds. The van der Waals surface area contributed by atoms with Crippen molar-refractivity contribution in [3.63, 3.8) is 0 Å². The number of carbonyl (C=O) groups is 1. The molecule has 110 valence electrons. The highest BCUT2D eigenvalue weighted by Crippen LogP contribution is 2.31. The molecule has 19 heavy (non-hydrogen) atoms. The Morgan fingerprint density at radius 1 is 1.26 bits per heavy atom. The highest BCUT2D eigenvalue weighted by atomic mass is 16.2. The second-order valence-electron chi connectivity index (χ2n) is 6.24. The van der Waals surface area contributed by atoms with E-state index in [0.717, 1.165) is 31.8 Å². The Labute approximate surface area is 118 Å². The number of hydrogen-bond acceptors (Lipinski definition) is 2. The van der Waals surface area contributed by atoms with Gasteiger partial charge in [-0.3, -0.25) is 10.1 Å². The maximum atomic E-state index is 12.5. The summed E-state index contributed by atoms with van der Waals surface area (Å²) in [4.78, 5) is 14.7. The molecule has 0 aromatic carbocycles. The molecule has 0 radical (unpaired) electrons. The first-order valence-corrected chi connectivity index (χ1v) is 8.31. The Morgan fingerprint density at radius 2 is 2.00 bits per heavy atom. The molecular weight excluding hydrogens is 236 g/mol. The maximum absolute atomic E-state index is 12.5. The van der Waals surface area contributed by atoms with Crippen molar-refractivity contribution in [2.75, 3.05) is 6.67 Å². The summed E-state index contributed by atoms with van der Waals surface area (Å²) in [5, 5.41) is 3.42. The first kappa shape index (κ1) is 14.8. The van der Waals surface area contributed by atoms with Crippen molar-refractivity contribution in [1.82, 2.24) is 10.2 Å². The summed E-state index contributed by atoms with van der Waals surface area (Å²) >= 11 is 0. The summed E-state index contributed by atoms with van der Waals surface area (Å²) in [6, 6.07) is 0.574. The number of nitrogens with zero attached hydrogens (tertiary/aromatic N) is 1. The second-order valence-corrected chi connectivity index (χ2v) is 6.24. The molecule has 3 nitrogen and oxygen atoms in total. The van der Waals surface area contributed by atoms with Gasteiger partial charge in [-0.1, -0.05) is 46.0 Å². The van der Waals surface area contributed by atoms with Crippen LogP contribution in [0.15, 0.2) is 0 Å². The van der Waals surface area contributed by atoms with Crippen LogP contribution < -0.4 is 5.32 Å². The zero-order valence-electron chi connectivity index (χ0n) is 12.7. The molecular formula is C16H30N2O.